The minimum absolute atomic E-state index is 0.140. The second kappa shape index (κ2) is 6.74. The highest BCUT2D eigenvalue weighted by atomic mass is 16.3. The van der Waals surface area contributed by atoms with Crippen LogP contribution in [0.2, 0.25) is 0 Å². The van der Waals surface area contributed by atoms with Crippen LogP contribution in [0.1, 0.15) is 5.56 Å². The van der Waals surface area contributed by atoms with Crippen LogP contribution in [0.4, 0.5) is 0 Å². The van der Waals surface area contributed by atoms with E-state index in [4.69, 9.17) is 5.11 Å². The first-order valence-corrected chi connectivity index (χ1v) is 4.28. The van der Waals surface area contributed by atoms with Crippen LogP contribution in [-0.2, 0) is 6.61 Å². The molecular weight excluding hydrogens is 176 g/mol. The van der Waals surface area contributed by atoms with E-state index in [0.717, 1.165) is 5.56 Å². The van der Waals surface area contributed by atoms with Gasteiger partial charge in [-0.1, -0.05) is 30.3 Å². The summed E-state index contributed by atoms with van der Waals surface area (Å²) in [6.07, 6.45) is 4.88. The van der Waals surface area contributed by atoms with Gasteiger partial charge in [-0.3, -0.25) is 0 Å². The van der Waals surface area contributed by atoms with Crippen LogP contribution < -0.4 is 0 Å². The number of hydrogen-bond acceptors (Lipinski definition) is 3. The summed E-state index contributed by atoms with van der Waals surface area (Å²) in [5, 5.41) is 8.54. The zero-order valence-corrected chi connectivity index (χ0v) is 7.74. The molecule has 1 aromatic carbocycles. The average Bonchev–Trinajstić information content (AvgIpc) is 2.33. The van der Waals surface area contributed by atoms with Crippen molar-refractivity contribution in [2.75, 3.05) is 0 Å². The van der Waals surface area contributed by atoms with Crippen molar-refractivity contribution in [3.63, 3.8) is 0 Å². The largest absolute Gasteiger partial charge is 0.392 e. The molecule has 0 radical (unpaired) electrons. The molecule has 3 heteroatoms. The van der Waals surface area contributed by atoms with E-state index in [1.807, 2.05) is 30.3 Å². The second-order valence-corrected chi connectivity index (χ2v) is 2.55. The molecule has 0 unspecified atom stereocenters. The maximum absolute atomic E-state index is 8.54. The fraction of sp³-hybridized carbons (Fsp3) is 0.0909. The van der Waals surface area contributed by atoms with E-state index in [1.54, 1.807) is 18.5 Å². The lowest BCUT2D eigenvalue weighted by atomic mass is 10.2. The second-order valence-electron chi connectivity index (χ2n) is 2.55. The van der Waals surface area contributed by atoms with Crippen molar-refractivity contribution in [2.24, 2.45) is 0 Å². The third-order valence-electron chi connectivity index (χ3n) is 1.50. The number of aromatic nitrogens is 2. The van der Waals surface area contributed by atoms with Gasteiger partial charge in [0.05, 0.1) is 6.61 Å². The number of benzene rings is 1. The molecule has 0 atom stereocenters. The predicted molar refractivity (Wildman–Crippen MR) is 54.4 cm³/mol. The Hall–Kier alpha value is -1.74. The van der Waals surface area contributed by atoms with E-state index >= 15 is 0 Å². The fourth-order valence-electron chi connectivity index (χ4n) is 0.837. The summed E-state index contributed by atoms with van der Waals surface area (Å²) >= 11 is 0. The lowest BCUT2D eigenvalue weighted by Crippen LogP contribution is -1.77. The first-order valence-electron chi connectivity index (χ1n) is 4.28. The Bertz CT molecular complexity index is 297. The predicted octanol–water partition coefficient (Wildman–Crippen LogP) is 1.66. The van der Waals surface area contributed by atoms with Crippen molar-refractivity contribution in [1.29, 1.82) is 0 Å². The quantitative estimate of drug-likeness (QED) is 0.740. The summed E-state index contributed by atoms with van der Waals surface area (Å²) in [6, 6.07) is 11.3. The molecule has 1 aromatic heterocycles. The minimum Gasteiger partial charge on any atom is -0.392 e. The Morgan fingerprint density at radius 1 is 0.929 bits per heavy atom. The highest BCUT2D eigenvalue weighted by Crippen LogP contribution is 1.95. The van der Waals surface area contributed by atoms with Gasteiger partial charge >= 0.3 is 0 Å². The molecule has 3 nitrogen and oxygen atoms in total. The molecule has 0 saturated carbocycles. The van der Waals surface area contributed by atoms with Gasteiger partial charge in [0.15, 0.2) is 0 Å². The standard InChI is InChI=1S/C7H8O.C4H4N2/c8-6-7-4-2-1-3-5-7;1-2-5-4-6-3-1/h1-5,8H,6H2;1-4H. The van der Waals surface area contributed by atoms with Crippen molar-refractivity contribution in [3.05, 3.63) is 60.7 Å². The number of nitrogens with zero attached hydrogens (tertiary/aromatic N) is 2. The summed E-state index contributed by atoms with van der Waals surface area (Å²) in [4.78, 5) is 7.35. The van der Waals surface area contributed by atoms with E-state index in [9.17, 15) is 0 Å². The van der Waals surface area contributed by atoms with Crippen molar-refractivity contribution in [3.8, 4) is 0 Å². The van der Waals surface area contributed by atoms with Crippen molar-refractivity contribution in [1.82, 2.24) is 9.97 Å². The Balaban J connectivity index is 0.000000146. The number of rotatable bonds is 1. The smallest absolute Gasteiger partial charge is 0.115 e. The first kappa shape index (κ1) is 10.3. The van der Waals surface area contributed by atoms with Gasteiger partial charge in [0.2, 0.25) is 0 Å². The monoisotopic (exact) mass is 188 g/mol. The lowest BCUT2D eigenvalue weighted by Gasteiger charge is -1.89. The fourth-order valence-corrected chi connectivity index (χ4v) is 0.837. The third kappa shape index (κ3) is 4.33. The van der Waals surface area contributed by atoms with Gasteiger partial charge in [-0.2, -0.15) is 0 Å². The zero-order chi connectivity index (χ0) is 10.1. The maximum atomic E-state index is 8.54. The van der Waals surface area contributed by atoms with Gasteiger partial charge in [0.25, 0.3) is 0 Å². The molecule has 0 bridgehead atoms. The van der Waals surface area contributed by atoms with Crippen molar-refractivity contribution >= 4 is 0 Å². The normalized spacial score (nSPS) is 8.64. The summed E-state index contributed by atoms with van der Waals surface area (Å²) in [5.74, 6) is 0. The van der Waals surface area contributed by atoms with E-state index < -0.39 is 0 Å². The zero-order valence-electron chi connectivity index (χ0n) is 7.74. The van der Waals surface area contributed by atoms with Crippen LogP contribution in [0, 0.1) is 0 Å². The van der Waals surface area contributed by atoms with Crippen LogP contribution >= 0.6 is 0 Å². The summed E-state index contributed by atoms with van der Waals surface area (Å²) in [6.45, 7) is 0.140. The van der Waals surface area contributed by atoms with Crippen LogP contribution in [0.15, 0.2) is 55.1 Å². The molecule has 2 aromatic rings. The molecule has 0 aliphatic heterocycles. The van der Waals surface area contributed by atoms with Crippen molar-refractivity contribution in [2.45, 2.75) is 6.61 Å². The number of aliphatic hydroxyl groups is 1. The first-order chi connectivity index (χ1) is 6.93. The molecular formula is C11H12N2O. The van der Waals surface area contributed by atoms with E-state index in [2.05, 4.69) is 9.97 Å². The Morgan fingerprint density at radius 2 is 1.57 bits per heavy atom. The Morgan fingerprint density at radius 3 is 1.86 bits per heavy atom. The van der Waals surface area contributed by atoms with Crippen LogP contribution in [-0.4, -0.2) is 15.1 Å². The van der Waals surface area contributed by atoms with Gasteiger partial charge in [-0.25, -0.2) is 9.97 Å². The summed E-state index contributed by atoms with van der Waals surface area (Å²) < 4.78 is 0. The van der Waals surface area contributed by atoms with Gasteiger partial charge in [-0.05, 0) is 11.6 Å². The SMILES string of the molecule is OCc1ccccc1.c1cncnc1. The van der Waals surface area contributed by atoms with E-state index in [-0.39, 0.29) is 6.61 Å². The van der Waals surface area contributed by atoms with Crippen LogP contribution in [0.5, 0.6) is 0 Å². The molecule has 72 valence electrons. The minimum atomic E-state index is 0.140. The van der Waals surface area contributed by atoms with Crippen LogP contribution in [0.3, 0.4) is 0 Å². The average molecular weight is 188 g/mol. The number of hydrogen-bond donors (Lipinski definition) is 1. The topological polar surface area (TPSA) is 46.0 Å². The van der Waals surface area contributed by atoms with E-state index in [0.29, 0.717) is 0 Å². The molecule has 2 rings (SSSR count). The molecule has 0 amide bonds. The van der Waals surface area contributed by atoms with Gasteiger partial charge in [0, 0.05) is 12.4 Å². The van der Waals surface area contributed by atoms with Gasteiger partial charge < -0.3 is 5.11 Å². The number of aliphatic hydroxyl groups excluding tert-OH is 1. The molecule has 1 N–H and O–H groups in total. The maximum Gasteiger partial charge on any atom is 0.115 e. The van der Waals surface area contributed by atoms with Crippen molar-refractivity contribution < 1.29 is 5.11 Å². The van der Waals surface area contributed by atoms with Gasteiger partial charge in [0.1, 0.15) is 6.33 Å². The Kier molecular flexibility index (Phi) is 4.98. The van der Waals surface area contributed by atoms with E-state index in [1.165, 1.54) is 6.33 Å². The summed E-state index contributed by atoms with van der Waals surface area (Å²) in [5.41, 5.74) is 0.965. The Labute approximate surface area is 83.1 Å². The summed E-state index contributed by atoms with van der Waals surface area (Å²) in [7, 11) is 0. The molecule has 1 heterocycles. The lowest BCUT2D eigenvalue weighted by molar-refractivity contribution is 0.282. The van der Waals surface area contributed by atoms with Gasteiger partial charge in [-0.15, -0.1) is 0 Å². The molecule has 0 aliphatic rings. The molecule has 0 spiro atoms. The molecule has 0 fully saturated rings. The highest BCUT2D eigenvalue weighted by molar-refractivity contribution is 5.12. The molecule has 0 aliphatic carbocycles. The highest BCUT2D eigenvalue weighted by Gasteiger charge is 1.81. The molecule has 0 saturated heterocycles. The molecule has 14 heavy (non-hydrogen) atoms. The third-order valence-corrected chi connectivity index (χ3v) is 1.50. The van der Waals surface area contributed by atoms with Crippen LogP contribution in [0.25, 0.3) is 0 Å².